The van der Waals surface area contributed by atoms with Crippen molar-refractivity contribution in [3.05, 3.63) is 0 Å². The molecule has 0 aromatic rings. The molecule has 1 aliphatic heterocycles. The highest BCUT2D eigenvalue weighted by Gasteiger charge is 2.44. The minimum absolute atomic E-state index is 0.0195. The lowest BCUT2D eigenvalue weighted by Crippen LogP contribution is -2.59. The highest BCUT2D eigenvalue weighted by Crippen LogP contribution is 2.22. The third-order valence-electron chi connectivity index (χ3n) is 10.8. The van der Waals surface area contributed by atoms with Crippen LogP contribution < -0.4 is 38.1 Å². The summed E-state index contributed by atoms with van der Waals surface area (Å²) in [4.78, 5) is 63.0. The van der Waals surface area contributed by atoms with E-state index in [4.69, 9.17) is 35.2 Å². The molecule has 5 atom stereocenters. The van der Waals surface area contributed by atoms with Gasteiger partial charge in [0.15, 0.2) is 6.29 Å². The highest BCUT2D eigenvalue weighted by atomic mass is 16.7. The van der Waals surface area contributed by atoms with Crippen LogP contribution in [0.3, 0.4) is 0 Å². The van der Waals surface area contributed by atoms with Crippen molar-refractivity contribution in [3.8, 4) is 0 Å². The third-order valence-corrected chi connectivity index (χ3v) is 10.8. The summed E-state index contributed by atoms with van der Waals surface area (Å²) in [7, 11) is 0. The quantitative estimate of drug-likeness (QED) is 0.0344. The molecule has 0 radical (unpaired) electrons. The van der Waals surface area contributed by atoms with E-state index < -0.39 is 42.9 Å². The maximum atomic E-state index is 13.4. The molecule has 66 heavy (non-hydrogen) atoms. The van der Waals surface area contributed by atoms with E-state index in [9.17, 15) is 44.4 Å². The lowest BCUT2D eigenvalue weighted by molar-refractivity contribution is -0.301. The number of aliphatic hydroxyl groups excluding tert-OH is 4. The number of unbranched alkanes of at least 4 members (excludes halogenated alkanes) is 9. The summed E-state index contributed by atoms with van der Waals surface area (Å²) in [5, 5.41) is 53.4. The number of rotatable bonds is 43. The lowest BCUT2D eigenvalue weighted by atomic mass is 9.99. The van der Waals surface area contributed by atoms with Gasteiger partial charge in [-0.3, -0.25) is 24.0 Å². The van der Waals surface area contributed by atoms with E-state index in [2.05, 4.69) is 33.5 Å². The second-order valence-corrected chi connectivity index (χ2v) is 16.9. The van der Waals surface area contributed by atoms with E-state index in [1.165, 1.54) is 32.1 Å². The molecule has 5 amide bonds. The van der Waals surface area contributed by atoms with Crippen LogP contribution in [-0.4, -0.2) is 178 Å². The molecule has 1 heterocycles. The molecule has 0 spiro atoms. The van der Waals surface area contributed by atoms with Gasteiger partial charge in [-0.05, 0) is 51.6 Å². The SMILES string of the molecule is CCCCCCCCCCCC(=O)NC(COCCC(=O)NCCCN)(COCCC(=O)NCCCN)COCCC(=O)NCCCNC(=O)CCCCO[C@H]1OC(CO)[C@@H](O)C(O)C1O. The van der Waals surface area contributed by atoms with Crippen LogP contribution in [0.2, 0.25) is 0 Å². The fourth-order valence-corrected chi connectivity index (χ4v) is 6.83. The zero-order valence-corrected chi connectivity index (χ0v) is 39.7. The molecule has 13 N–H and O–H groups in total. The predicted octanol–water partition coefficient (Wildman–Crippen LogP) is -0.478. The van der Waals surface area contributed by atoms with Crippen LogP contribution in [0.25, 0.3) is 0 Å². The summed E-state index contributed by atoms with van der Waals surface area (Å²) < 4.78 is 28.7. The largest absolute Gasteiger partial charge is 0.394 e. The Morgan fingerprint density at radius 1 is 0.515 bits per heavy atom. The average molecular weight is 950 g/mol. The maximum absolute atomic E-state index is 13.4. The number of aliphatic hydroxyl groups is 4. The van der Waals surface area contributed by atoms with Crippen LogP contribution >= 0.6 is 0 Å². The number of ether oxygens (including phenoxy) is 5. The molecule has 1 aliphatic rings. The summed E-state index contributed by atoms with van der Waals surface area (Å²) in [5.41, 5.74) is 9.87. The molecular formula is C45H87N7O14. The topological polar surface area (TPSA) is 325 Å². The van der Waals surface area contributed by atoms with E-state index in [1.807, 2.05) is 0 Å². The molecule has 0 bridgehead atoms. The van der Waals surface area contributed by atoms with Crippen molar-refractivity contribution in [1.82, 2.24) is 26.6 Å². The molecule has 0 saturated carbocycles. The van der Waals surface area contributed by atoms with Gasteiger partial charge in [0, 0.05) is 64.9 Å². The number of carbonyl (C=O) groups excluding carboxylic acids is 5. The fraction of sp³-hybridized carbons (Fsp3) is 0.889. The monoisotopic (exact) mass is 950 g/mol. The molecular weight excluding hydrogens is 863 g/mol. The Kier molecular flexibility index (Phi) is 36.8. The fourth-order valence-electron chi connectivity index (χ4n) is 6.83. The summed E-state index contributed by atoms with van der Waals surface area (Å²) in [6.45, 7) is 4.23. The van der Waals surface area contributed by atoms with Gasteiger partial charge in [-0.15, -0.1) is 0 Å². The Morgan fingerprint density at radius 3 is 1.41 bits per heavy atom. The molecule has 3 unspecified atom stereocenters. The van der Waals surface area contributed by atoms with E-state index in [0.29, 0.717) is 77.8 Å². The minimum atomic E-state index is -1.53. The van der Waals surface area contributed by atoms with Crippen LogP contribution in [0.5, 0.6) is 0 Å². The van der Waals surface area contributed by atoms with Gasteiger partial charge in [0.05, 0.1) is 46.2 Å². The first-order chi connectivity index (χ1) is 31.9. The van der Waals surface area contributed by atoms with Crippen molar-refractivity contribution in [2.24, 2.45) is 11.5 Å². The van der Waals surface area contributed by atoms with Crippen molar-refractivity contribution >= 4 is 29.5 Å². The number of nitrogens with one attached hydrogen (secondary N) is 5. The van der Waals surface area contributed by atoms with Crippen LogP contribution in [0.15, 0.2) is 0 Å². The molecule has 1 rings (SSSR count). The summed E-state index contributed by atoms with van der Waals surface area (Å²) in [6.07, 6.45) is 6.62. The van der Waals surface area contributed by atoms with Crippen LogP contribution in [0, 0.1) is 0 Å². The molecule has 1 fully saturated rings. The van der Waals surface area contributed by atoms with Gasteiger partial charge in [-0.1, -0.05) is 58.3 Å². The Bertz CT molecular complexity index is 1260. The number of carbonyl (C=O) groups is 5. The summed E-state index contributed by atoms with van der Waals surface area (Å²) in [6, 6.07) is 0. The van der Waals surface area contributed by atoms with Gasteiger partial charge in [-0.2, -0.15) is 0 Å². The zero-order chi connectivity index (χ0) is 48.7. The minimum Gasteiger partial charge on any atom is -0.394 e. The van der Waals surface area contributed by atoms with Gasteiger partial charge in [0.1, 0.15) is 30.0 Å². The number of nitrogens with two attached hydrogens (primary N) is 2. The summed E-state index contributed by atoms with van der Waals surface area (Å²) >= 11 is 0. The van der Waals surface area contributed by atoms with Crippen LogP contribution in [0.4, 0.5) is 0 Å². The number of amides is 5. The van der Waals surface area contributed by atoms with E-state index in [0.717, 1.165) is 19.3 Å². The van der Waals surface area contributed by atoms with Gasteiger partial charge < -0.3 is 82.2 Å². The number of hydrogen-bond donors (Lipinski definition) is 11. The Labute approximate surface area is 392 Å². The van der Waals surface area contributed by atoms with Crippen molar-refractivity contribution < 1.29 is 68.1 Å². The highest BCUT2D eigenvalue weighted by molar-refractivity contribution is 5.78. The molecule has 0 aliphatic carbocycles. The number of hydrogen-bond acceptors (Lipinski definition) is 16. The first-order valence-electron chi connectivity index (χ1n) is 24.3. The standard InChI is InChI=1S/C45H87N7O14/c1-2-3-4-5-6-7-8-9-10-17-40(58)52-45(32-62-28-18-37(55)48-23-13-21-46,33-63-29-19-38(56)49-24-14-22-47)34-64-30-20-39(57)51-26-15-25-50-36(54)16-11-12-27-65-44-43(61)42(60)41(59)35(31-53)66-44/h35,41-44,53,59-61H,2-34,46-47H2,1H3,(H,48,55)(H,49,56)(H,50,54)(H,51,57)(H,52,58)/t35?,41-,42?,43?,44+/m1/s1. The lowest BCUT2D eigenvalue weighted by Gasteiger charge is -2.39. The normalized spacial score (nSPS) is 18.4. The molecule has 21 nitrogen and oxygen atoms in total. The van der Waals surface area contributed by atoms with Crippen LogP contribution in [-0.2, 0) is 47.7 Å². The van der Waals surface area contributed by atoms with Gasteiger partial charge >= 0.3 is 0 Å². The second kappa shape index (κ2) is 39.9. The average Bonchev–Trinajstić information content (AvgIpc) is 3.30. The van der Waals surface area contributed by atoms with Crippen molar-refractivity contribution in [2.75, 3.05) is 92.1 Å². The van der Waals surface area contributed by atoms with Gasteiger partial charge in [0.25, 0.3) is 0 Å². The van der Waals surface area contributed by atoms with E-state index >= 15 is 0 Å². The maximum Gasteiger partial charge on any atom is 0.222 e. The van der Waals surface area contributed by atoms with Crippen molar-refractivity contribution in [1.29, 1.82) is 0 Å². The Morgan fingerprint density at radius 2 is 0.939 bits per heavy atom. The molecule has 0 aromatic heterocycles. The van der Waals surface area contributed by atoms with Crippen molar-refractivity contribution in [2.45, 2.75) is 165 Å². The second-order valence-electron chi connectivity index (χ2n) is 16.9. The van der Waals surface area contributed by atoms with Crippen molar-refractivity contribution in [3.63, 3.8) is 0 Å². The first kappa shape index (κ1) is 60.9. The summed E-state index contributed by atoms with van der Waals surface area (Å²) in [5.74, 6) is -1.05. The van der Waals surface area contributed by atoms with Crippen LogP contribution in [0.1, 0.15) is 129 Å². The molecule has 21 heteroatoms. The molecule has 0 aromatic carbocycles. The van der Waals surface area contributed by atoms with E-state index in [-0.39, 0.29) is 108 Å². The zero-order valence-electron chi connectivity index (χ0n) is 39.7. The third kappa shape index (κ3) is 30.3. The first-order valence-corrected chi connectivity index (χ1v) is 24.3. The molecule has 1 saturated heterocycles. The predicted molar refractivity (Wildman–Crippen MR) is 247 cm³/mol. The van der Waals surface area contributed by atoms with Gasteiger partial charge in [0.2, 0.25) is 29.5 Å². The van der Waals surface area contributed by atoms with E-state index in [1.54, 1.807) is 0 Å². The Balaban J connectivity index is 2.65. The molecule has 386 valence electrons. The Hall–Kier alpha value is -3.09. The van der Waals surface area contributed by atoms with Gasteiger partial charge in [-0.25, -0.2) is 0 Å². The smallest absolute Gasteiger partial charge is 0.222 e.